The first-order chi connectivity index (χ1) is 18.1. The molecule has 188 valence electrons. The SMILES string of the molecule is O=C(Cc1ccc(F)cc1)NCCc1nnc2n1CCN(Cc1ccc3c(c1)Cc1ccccc1-3)CC2. The highest BCUT2D eigenvalue weighted by molar-refractivity contribution is 5.78. The number of fused-ring (bicyclic) bond motifs is 4. The zero-order valence-corrected chi connectivity index (χ0v) is 20.8. The van der Waals surface area contributed by atoms with Crippen molar-refractivity contribution >= 4 is 5.91 Å². The van der Waals surface area contributed by atoms with Crippen molar-refractivity contribution in [3.8, 4) is 11.1 Å². The van der Waals surface area contributed by atoms with E-state index >= 15 is 0 Å². The molecule has 2 heterocycles. The number of amides is 1. The second-order valence-corrected chi connectivity index (χ2v) is 9.94. The van der Waals surface area contributed by atoms with Crippen LogP contribution in [-0.4, -0.2) is 45.2 Å². The van der Waals surface area contributed by atoms with E-state index in [1.54, 1.807) is 12.1 Å². The Bertz CT molecular complexity index is 1430. The minimum atomic E-state index is -0.298. The molecule has 0 radical (unpaired) electrons. The van der Waals surface area contributed by atoms with Crippen LogP contribution in [0.1, 0.15) is 33.9 Å². The Hall–Kier alpha value is -3.84. The van der Waals surface area contributed by atoms with Crippen molar-refractivity contribution in [3.05, 3.63) is 106 Å². The van der Waals surface area contributed by atoms with Crippen molar-refractivity contribution < 1.29 is 9.18 Å². The Morgan fingerprint density at radius 1 is 0.892 bits per heavy atom. The second kappa shape index (κ2) is 10.3. The van der Waals surface area contributed by atoms with Gasteiger partial charge in [0.15, 0.2) is 0 Å². The highest BCUT2D eigenvalue weighted by atomic mass is 19.1. The number of rotatable bonds is 7. The number of carbonyl (C=O) groups is 1. The third kappa shape index (κ3) is 5.18. The van der Waals surface area contributed by atoms with E-state index in [9.17, 15) is 9.18 Å². The molecule has 1 aliphatic heterocycles. The van der Waals surface area contributed by atoms with Gasteiger partial charge in [0.1, 0.15) is 17.5 Å². The maximum atomic E-state index is 13.1. The molecule has 0 fully saturated rings. The molecule has 7 heteroatoms. The molecule has 1 N–H and O–H groups in total. The van der Waals surface area contributed by atoms with Crippen LogP contribution >= 0.6 is 0 Å². The Labute approximate surface area is 216 Å². The largest absolute Gasteiger partial charge is 0.355 e. The number of benzene rings is 3. The predicted octanol–water partition coefficient (Wildman–Crippen LogP) is 3.95. The monoisotopic (exact) mass is 495 g/mol. The van der Waals surface area contributed by atoms with Gasteiger partial charge < -0.3 is 9.88 Å². The van der Waals surface area contributed by atoms with Crippen LogP contribution in [0.2, 0.25) is 0 Å². The van der Waals surface area contributed by atoms with Crippen LogP contribution in [0.4, 0.5) is 4.39 Å². The standard InChI is InChI=1S/C30H30FN5O/c31-25-8-5-21(6-9-25)18-30(37)32-13-11-28-33-34-29-12-14-35(15-16-36(28)29)20-22-7-10-27-24(17-22)19-23-3-1-2-4-26(23)27/h1-10,17H,11-16,18-20H2,(H,32,37). The highest BCUT2D eigenvalue weighted by Gasteiger charge is 2.21. The van der Waals surface area contributed by atoms with Crippen LogP contribution in [0.25, 0.3) is 11.1 Å². The van der Waals surface area contributed by atoms with Crippen molar-refractivity contribution in [2.24, 2.45) is 0 Å². The van der Waals surface area contributed by atoms with Gasteiger partial charge in [-0.1, -0.05) is 54.6 Å². The first kappa shape index (κ1) is 23.6. The van der Waals surface area contributed by atoms with Crippen LogP contribution in [0, 0.1) is 5.82 Å². The highest BCUT2D eigenvalue weighted by Crippen LogP contribution is 2.36. The van der Waals surface area contributed by atoms with Gasteiger partial charge in [-0.25, -0.2) is 4.39 Å². The third-order valence-electron chi connectivity index (χ3n) is 7.41. The Kier molecular flexibility index (Phi) is 6.53. The third-order valence-corrected chi connectivity index (χ3v) is 7.41. The summed E-state index contributed by atoms with van der Waals surface area (Å²) in [5.74, 6) is 1.55. The van der Waals surface area contributed by atoms with E-state index in [-0.39, 0.29) is 18.1 Å². The van der Waals surface area contributed by atoms with E-state index in [0.29, 0.717) is 13.0 Å². The molecule has 6 nitrogen and oxygen atoms in total. The number of hydrogen-bond acceptors (Lipinski definition) is 4. The summed E-state index contributed by atoms with van der Waals surface area (Å²) in [7, 11) is 0. The zero-order chi connectivity index (χ0) is 25.2. The zero-order valence-electron chi connectivity index (χ0n) is 20.8. The van der Waals surface area contributed by atoms with E-state index in [4.69, 9.17) is 0 Å². The van der Waals surface area contributed by atoms with Gasteiger partial charge in [0, 0.05) is 45.6 Å². The summed E-state index contributed by atoms with van der Waals surface area (Å²) in [6, 6.07) is 21.7. The molecule has 2 aliphatic rings. The van der Waals surface area contributed by atoms with Gasteiger partial charge >= 0.3 is 0 Å². The van der Waals surface area contributed by atoms with Gasteiger partial charge in [-0.15, -0.1) is 10.2 Å². The lowest BCUT2D eigenvalue weighted by atomic mass is 10.0. The lowest BCUT2D eigenvalue weighted by Crippen LogP contribution is -2.28. The van der Waals surface area contributed by atoms with Gasteiger partial charge in [-0.3, -0.25) is 9.69 Å². The molecule has 3 aromatic carbocycles. The molecule has 0 saturated carbocycles. The molecule has 37 heavy (non-hydrogen) atoms. The summed E-state index contributed by atoms with van der Waals surface area (Å²) in [6.45, 7) is 4.16. The fourth-order valence-corrected chi connectivity index (χ4v) is 5.49. The molecule has 0 bridgehead atoms. The molecule has 0 saturated heterocycles. The second-order valence-electron chi connectivity index (χ2n) is 9.94. The molecule has 6 rings (SSSR count). The average Bonchev–Trinajstić information content (AvgIpc) is 3.40. The van der Waals surface area contributed by atoms with Crippen molar-refractivity contribution in [2.45, 2.75) is 38.8 Å². The lowest BCUT2D eigenvalue weighted by molar-refractivity contribution is -0.120. The first-order valence-electron chi connectivity index (χ1n) is 13.0. The number of hydrogen-bond donors (Lipinski definition) is 1. The minimum Gasteiger partial charge on any atom is -0.355 e. The molecule has 0 spiro atoms. The molecule has 1 amide bonds. The fourth-order valence-electron chi connectivity index (χ4n) is 5.49. The quantitative estimate of drug-likeness (QED) is 0.372. The number of nitrogens with one attached hydrogen (secondary N) is 1. The number of nitrogens with zero attached hydrogens (tertiary/aromatic N) is 4. The average molecular weight is 496 g/mol. The van der Waals surface area contributed by atoms with Crippen molar-refractivity contribution in [1.82, 2.24) is 25.0 Å². The van der Waals surface area contributed by atoms with Gasteiger partial charge in [0.2, 0.25) is 5.91 Å². The van der Waals surface area contributed by atoms with E-state index in [1.807, 2.05) is 0 Å². The van der Waals surface area contributed by atoms with E-state index < -0.39 is 0 Å². The summed E-state index contributed by atoms with van der Waals surface area (Å²) in [4.78, 5) is 14.8. The topological polar surface area (TPSA) is 63.1 Å². The number of carbonyl (C=O) groups excluding carboxylic acids is 1. The maximum absolute atomic E-state index is 13.1. The summed E-state index contributed by atoms with van der Waals surface area (Å²) in [6.07, 6.45) is 2.75. The molecule has 1 aliphatic carbocycles. The lowest BCUT2D eigenvalue weighted by Gasteiger charge is -2.20. The molecular weight excluding hydrogens is 465 g/mol. The molecule has 0 atom stereocenters. The van der Waals surface area contributed by atoms with Gasteiger partial charge in [-0.05, 0) is 51.9 Å². The number of aromatic nitrogens is 3. The summed E-state index contributed by atoms with van der Waals surface area (Å²) in [5, 5.41) is 11.8. The smallest absolute Gasteiger partial charge is 0.224 e. The van der Waals surface area contributed by atoms with E-state index in [0.717, 1.165) is 56.2 Å². The van der Waals surface area contributed by atoms with E-state index in [1.165, 1.54) is 39.9 Å². The number of halogens is 1. The minimum absolute atomic E-state index is 0.0779. The van der Waals surface area contributed by atoms with Gasteiger partial charge in [0.25, 0.3) is 0 Å². The fraction of sp³-hybridized carbons (Fsp3) is 0.300. The molecule has 1 aromatic heterocycles. The van der Waals surface area contributed by atoms with Crippen LogP contribution in [0.5, 0.6) is 0 Å². The summed E-state index contributed by atoms with van der Waals surface area (Å²) >= 11 is 0. The van der Waals surface area contributed by atoms with Crippen LogP contribution < -0.4 is 5.32 Å². The molecular formula is C30H30FN5O. The van der Waals surface area contributed by atoms with Gasteiger partial charge in [-0.2, -0.15) is 0 Å². The van der Waals surface area contributed by atoms with Crippen molar-refractivity contribution in [2.75, 3.05) is 19.6 Å². The van der Waals surface area contributed by atoms with Crippen LogP contribution in [-0.2, 0) is 43.6 Å². The van der Waals surface area contributed by atoms with Gasteiger partial charge in [0.05, 0.1) is 6.42 Å². The normalized spacial score (nSPS) is 14.5. The Morgan fingerprint density at radius 3 is 2.59 bits per heavy atom. The van der Waals surface area contributed by atoms with Crippen LogP contribution in [0.15, 0.2) is 66.7 Å². The predicted molar refractivity (Wildman–Crippen MR) is 141 cm³/mol. The molecule has 4 aromatic rings. The Morgan fingerprint density at radius 2 is 1.70 bits per heavy atom. The Balaban J connectivity index is 1.02. The van der Waals surface area contributed by atoms with Crippen molar-refractivity contribution in [1.29, 1.82) is 0 Å². The first-order valence-corrected chi connectivity index (χ1v) is 13.0. The molecule has 0 unspecified atom stereocenters. The summed E-state index contributed by atoms with van der Waals surface area (Å²) < 4.78 is 15.3. The summed E-state index contributed by atoms with van der Waals surface area (Å²) in [5.41, 5.74) is 7.74. The van der Waals surface area contributed by atoms with Crippen molar-refractivity contribution in [3.63, 3.8) is 0 Å². The van der Waals surface area contributed by atoms with Crippen LogP contribution in [0.3, 0.4) is 0 Å². The maximum Gasteiger partial charge on any atom is 0.224 e. The van der Waals surface area contributed by atoms with E-state index in [2.05, 4.69) is 67.4 Å².